The number of aromatic nitrogens is 2. The van der Waals surface area contributed by atoms with Crippen LogP contribution in [-0.4, -0.2) is 26.1 Å². The van der Waals surface area contributed by atoms with Crippen molar-refractivity contribution in [3.8, 4) is 11.5 Å². The molecule has 6 heteroatoms. The third kappa shape index (κ3) is 3.57. The molecule has 0 saturated heterocycles. The van der Waals surface area contributed by atoms with Crippen molar-refractivity contribution in [3.05, 3.63) is 29.6 Å². The second-order valence-electron chi connectivity index (χ2n) is 4.61. The van der Waals surface area contributed by atoms with E-state index in [2.05, 4.69) is 28.5 Å². The maximum Gasteiger partial charge on any atom is 0.202 e. The van der Waals surface area contributed by atoms with Crippen molar-refractivity contribution in [2.75, 3.05) is 11.9 Å². The van der Waals surface area contributed by atoms with Gasteiger partial charge in [0.15, 0.2) is 11.5 Å². The SMILES string of the molecule is CC(C)c1nsc(NCCc2ccc(O)c(O)c2)n1. The van der Waals surface area contributed by atoms with Crippen molar-refractivity contribution in [2.24, 2.45) is 0 Å². The van der Waals surface area contributed by atoms with Crippen molar-refractivity contribution < 1.29 is 10.2 Å². The van der Waals surface area contributed by atoms with Crippen LogP contribution in [0.5, 0.6) is 11.5 Å². The highest BCUT2D eigenvalue weighted by Crippen LogP contribution is 2.25. The largest absolute Gasteiger partial charge is 0.504 e. The average molecular weight is 279 g/mol. The lowest BCUT2D eigenvalue weighted by Crippen LogP contribution is -2.04. The van der Waals surface area contributed by atoms with Crippen LogP contribution in [0.25, 0.3) is 0 Å². The van der Waals surface area contributed by atoms with Gasteiger partial charge in [-0.05, 0) is 24.1 Å². The predicted molar refractivity (Wildman–Crippen MR) is 76.0 cm³/mol. The number of phenols is 2. The number of nitrogens with one attached hydrogen (secondary N) is 1. The van der Waals surface area contributed by atoms with Crippen LogP contribution < -0.4 is 5.32 Å². The molecule has 0 aliphatic rings. The maximum absolute atomic E-state index is 9.39. The summed E-state index contributed by atoms with van der Waals surface area (Å²) in [6, 6.07) is 4.85. The van der Waals surface area contributed by atoms with Crippen molar-refractivity contribution in [3.63, 3.8) is 0 Å². The fraction of sp³-hybridized carbons (Fsp3) is 0.385. The van der Waals surface area contributed by atoms with Crippen LogP contribution in [0.3, 0.4) is 0 Å². The highest BCUT2D eigenvalue weighted by Gasteiger charge is 2.07. The Labute approximate surface area is 116 Å². The molecule has 0 atom stereocenters. The van der Waals surface area contributed by atoms with Crippen LogP contribution in [0, 0.1) is 0 Å². The first-order valence-corrected chi connectivity index (χ1v) is 6.92. The third-order valence-electron chi connectivity index (χ3n) is 2.69. The van der Waals surface area contributed by atoms with Gasteiger partial charge in [-0.2, -0.15) is 4.37 Å². The number of rotatable bonds is 5. The van der Waals surface area contributed by atoms with Crippen molar-refractivity contribution in [2.45, 2.75) is 26.2 Å². The van der Waals surface area contributed by atoms with Gasteiger partial charge >= 0.3 is 0 Å². The van der Waals surface area contributed by atoms with Gasteiger partial charge in [-0.25, -0.2) is 4.98 Å². The van der Waals surface area contributed by atoms with Gasteiger partial charge < -0.3 is 15.5 Å². The lowest BCUT2D eigenvalue weighted by Gasteiger charge is -2.04. The molecular weight excluding hydrogens is 262 g/mol. The topological polar surface area (TPSA) is 78.3 Å². The summed E-state index contributed by atoms with van der Waals surface area (Å²) in [6.45, 7) is 4.83. The quantitative estimate of drug-likeness (QED) is 0.733. The van der Waals surface area contributed by atoms with E-state index in [9.17, 15) is 10.2 Å². The molecule has 0 fully saturated rings. The summed E-state index contributed by atoms with van der Waals surface area (Å²) in [5.74, 6) is 1.01. The number of anilines is 1. The zero-order valence-corrected chi connectivity index (χ0v) is 11.7. The first kappa shape index (κ1) is 13.6. The van der Waals surface area contributed by atoms with Crippen molar-refractivity contribution in [1.29, 1.82) is 0 Å². The van der Waals surface area contributed by atoms with Gasteiger partial charge in [-0.15, -0.1) is 0 Å². The fourth-order valence-electron chi connectivity index (χ4n) is 1.58. The minimum Gasteiger partial charge on any atom is -0.504 e. The number of hydrogen-bond donors (Lipinski definition) is 3. The zero-order chi connectivity index (χ0) is 13.8. The van der Waals surface area contributed by atoms with Crippen LogP contribution >= 0.6 is 11.5 Å². The summed E-state index contributed by atoms with van der Waals surface area (Å²) in [5, 5.41) is 22.6. The van der Waals surface area contributed by atoms with Gasteiger partial charge in [-0.3, -0.25) is 0 Å². The van der Waals surface area contributed by atoms with Gasteiger partial charge in [0.05, 0.1) is 0 Å². The smallest absolute Gasteiger partial charge is 0.202 e. The first-order valence-electron chi connectivity index (χ1n) is 6.14. The minimum absolute atomic E-state index is 0.0875. The summed E-state index contributed by atoms with van der Waals surface area (Å²) in [4.78, 5) is 4.38. The number of phenolic OH excluding ortho intramolecular Hbond substituents is 2. The zero-order valence-electron chi connectivity index (χ0n) is 10.9. The molecule has 5 nitrogen and oxygen atoms in total. The Morgan fingerprint density at radius 1 is 1.26 bits per heavy atom. The van der Waals surface area contributed by atoms with E-state index >= 15 is 0 Å². The maximum atomic E-state index is 9.39. The van der Waals surface area contributed by atoms with Crippen LogP contribution in [0.1, 0.15) is 31.2 Å². The Hall–Kier alpha value is -1.82. The van der Waals surface area contributed by atoms with Gasteiger partial charge in [0.1, 0.15) is 5.82 Å². The molecule has 0 radical (unpaired) electrons. The van der Waals surface area contributed by atoms with Gasteiger partial charge in [0.25, 0.3) is 0 Å². The van der Waals surface area contributed by atoms with E-state index < -0.39 is 0 Å². The molecule has 0 bridgehead atoms. The molecule has 102 valence electrons. The highest BCUT2D eigenvalue weighted by molar-refractivity contribution is 7.09. The molecule has 1 aromatic heterocycles. The van der Waals surface area contributed by atoms with Crippen molar-refractivity contribution in [1.82, 2.24) is 9.36 Å². The summed E-state index contributed by atoms with van der Waals surface area (Å²) in [7, 11) is 0. The molecule has 0 saturated carbocycles. The Balaban J connectivity index is 1.87. The molecule has 2 aromatic rings. The molecule has 19 heavy (non-hydrogen) atoms. The standard InChI is InChI=1S/C13H17N3O2S/c1-8(2)12-15-13(19-16-12)14-6-5-9-3-4-10(17)11(18)7-9/h3-4,7-8,17-18H,5-6H2,1-2H3,(H,14,15,16). The Bertz CT molecular complexity index is 555. The van der Waals surface area contributed by atoms with Gasteiger partial charge in [0, 0.05) is 24.0 Å². The summed E-state index contributed by atoms with van der Waals surface area (Å²) in [5.41, 5.74) is 0.955. The monoisotopic (exact) mass is 279 g/mol. The molecular formula is C13H17N3O2S. The van der Waals surface area contributed by atoms with E-state index in [0.717, 1.165) is 22.9 Å². The van der Waals surface area contributed by atoms with Gasteiger partial charge in [-0.1, -0.05) is 19.9 Å². The Morgan fingerprint density at radius 2 is 2.05 bits per heavy atom. The third-order valence-corrected chi connectivity index (χ3v) is 3.37. The fourth-order valence-corrected chi connectivity index (χ4v) is 2.31. The van der Waals surface area contributed by atoms with Crippen LogP contribution in [0.4, 0.5) is 5.13 Å². The first-order chi connectivity index (χ1) is 9.06. The predicted octanol–water partition coefficient (Wildman–Crippen LogP) is 2.73. The average Bonchev–Trinajstić information content (AvgIpc) is 2.83. The molecule has 0 unspecified atom stereocenters. The van der Waals surface area contributed by atoms with Gasteiger partial charge in [0.2, 0.25) is 5.13 Å². The number of nitrogens with zero attached hydrogens (tertiary/aromatic N) is 2. The number of hydrogen-bond acceptors (Lipinski definition) is 6. The molecule has 2 rings (SSSR count). The molecule has 1 aromatic carbocycles. The van der Waals surface area contributed by atoms with E-state index in [1.54, 1.807) is 12.1 Å². The number of aromatic hydroxyl groups is 2. The Morgan fingerprint density at radius 3 is 2.68 bits per heavy atom. The number of benzene rings is 1. The normalized spacial score (nSPS) is 10.9. The molecule has 3 N–H and O–H groups in total. The molecule has 0 aliphatic carbocycles. The van der Waals surface area contributed by atoms with E-state index in [1.165, 1.54) is 17.6 Å². The van der Waals surface area contributed by atoms with Crippen LogP contribution in [0.2, 0.25) is 0 Å². The Kier molecular flexibility index (Phi) is 4.21. The minimum atomic E-state index is -0.0950. The van der Waals surface area contributed by atoms with E-state index in [4.69, 9.17) is 0 Å². The second-order valence-corrected chi connectivity index (χ2v) is 5.36. The van der Waals surface area contributed by atoms with Crippen LogP contribution in [0.15, 0.2) is 18.2 Å². The lowest BCUT2D eigenvalue weighted by molar-refractivity contribution is 0.403. The summed E-state index contributed by atoms with van der Waals surface area (Å²) in [6.07, 6.45) is 0.741. The van der Waals surface area contributed by atoms with Crippen molar-refractivity contribution >= 4 is 16.7 Å². The highest BCUT2D eigenvalue weighted by atomic mass is 32.1. The summed E-state index contributed by atoms with van der Waals surface area (Å²) >= 11 is 1.36. The van der Waals surface area contributed by atoms with E-state index in [-0.39, 0.29) is 11.5 Å². The molecule has 0 amide bonds. The molecule has 0 aliphatic heterocycles. The molecule has 1 heterocycles. The lowest BCUT2D eigenvalue weighted by atomic mass is 10.1. The van der Waals surface area contributed by atoms with Crippen LogP contribution in [-0.2, 0) is 6.42 Å². The molecule has 0 spiro atoms. The summed E-state index contributed by atoms with van der Waals surface area (Å²) < 4.78 is 4.26. The second kappa shape index (κ2) is 5.88. The van der Waals surface area contributed by atoms with E-state index in [1.807, 2.05) is 0 Å². The van der Waals surface area contributed by atoms with E-state index in [0.29, 0.717) is 12.5 Å².